The van der Waals surface area contributed by atoms with Gasteiger partial charge in [-0.05, 0) is 54.7 Å². The average Bonchev–Trinajstić information content (AvgIpc) is 2.67. The molecule has 1 saturated heterocycles. The molecule has 1 aromatic heterocycles. The smallest absolute Gasteiger partial charge is 0.146 e. The molecule has 2 heterocycles. The highest BCUT2D eigenvalue weighted by molar-refractivity contribution is 6.30. The number of benzene rings is 2. The molecule has 1 unspecified atom stereocenters. The van der Waals surface area contributed by atoms with Gasteiger partial charge in [0, 0.05) is 23.5 Å². The summed E-state index contributed by atoms with van der Waals surface area (Å²) in [5.74, 6) is 2.59. The number of aromatic nitrogens is 1. The molecule has 1 aliphatic heterocycles. The number of halogens is 1. The van der Waals surface area contributed by atoms with Gasteiger partial charge < -0.3 is 9.64 Å². The molecule has 3 nitrogen and oxygen atoms in total. The van der Waals surface area contributed by atoms with Crippen molar-refractivity contribution in [1.82, 2.24) is 4.98 Å². The first-order valence-corrected chi connectivity index (χ1v) is 9.59. The maximum Gasteiger partial charge on any atom is 0.146 e. The summed E-state index contributed by atoms with van der Waals surface area (Å²) in [4.78, 5) is 7.33. The van der Waals surface area contributed by atoms with Crippen molar-refractivity contribution in [3.05, 3.63) is 65.2 Å². The fraction of sp³-hybridized carbons (Fsp3) is 0.318. The molecule has 4 rings (SSSR count). The van der Waals surface area contributed by atoms with Crippen molar-refractivity contribution in [1.29, 1.82) is 0 Å². The summed E-state index contributed by atoms with van der Waals surface area (Å²) >= 11 is 5.95. The average molecular weight is 367 g/mol. The van der Waals surface area contributed by atoms with Gasteiger partial charge in [-0.25, -0.2) is 4.98 Å². The summed E-state index contributed by atoms with van der Waals surface area (Å²) in [5.41, 5.74) is 2.02. The van der Waals surface area contributed by atoms with Crippen molar-refractivity contribution in [2.75, 3.05) is 18.0 Å². The Labute approximate surface area is 159 Å². The summed E-state index contributed by atoms with van der Waals surface area (Å²) in [6, 6.07) is 18.1. The van der Waals surface area contributed by atoms with Gasteiger partial charge in [0.1, 0.15) is 23.7 Å². The van der Waals surface area contributed by atoms with Crippen LogP contribution in [0.4, 0.5) is 5.82 Å². The zero-order valence-corrected chi connectivity index (χ0v) is 15.7. The summed E-state index contributed by atoms with van der Waals surface area (Å²) in [6.45, 7) is 4.97. The topological polar surface area (TPSA) is 25.4 Å². The lowest BCUT2D eigenvalue weighted by Gasteiger charge is -2.32. The molecule has 2 aromatic carbocycles. The van der Waals surface area contributed by atoms with E-state index in [2.05, 4.69) is 30.0 Å². The van der Waals surface area contributed by atoms with Crippen LogP contribution in [-0.4, -0.2) is 18.1 Å². The summed E-state index contributed by atoms with van der Waals surface area (Å²) < 4.78 is 6.08. The second-order valence-electron chi connectivity index (χ2n) is 7.11. The third kappa shape index (κ3) is 3.78. The lowest BCUT2D eigenvalue weighted by molar-refractivity contribution is 0.309. The highest BCUT2D eigenvalue weighted by Gasteiger charge is 2.18. The highest BCUT2D eigenvalue weighted by atomic mass is 35.5. The molecule has 1 aliphatic rings. The Morgan fingerprint density at radius 1 is 1.12 bits per heavy atom. The lowest BCUT2D eigenvalue weighted by atomic mass is 10.0. The van der Waals surface area contributed by atoms with Crippen LogP contribution >= 0.6 is 11.6 Å². The van der Waals surface area contributed by atoms with Gasteiger partial charge >= 0.3 is 0 Å². The second-order valence-corrected chi connectivity index (χ2v) is 7.54. The van der Waals surface area contributed by atoms with Crippen LogP contribution in [-0.2, 0) is 6.61 Å². The minimum Gasteiger partial charge on any atom is -0.487 e. The standard InChI is InChI=1S/C22H23ClN2O/c1-16-4-3-13-25(14-16)21-12-9-18-5-2-6-20(22(18)24-21)26-15-17-7-10-19(23)11-8-17/h2,5-12,16H,3-4,13-15H2,1H3. The molecule has 0 saturated carbocycles. The van der Waals surface area contributed by atoms with Gasteiger partial charge in [0.25, 0.3) is 0 Å². The van der Waals surface area contributed by atoms with E-state index in [-0.39, 0.29) is 0 Å². The summed E-state index contributed by atoms with van der Waals surface area (Å²) in [6.07, 6.45) is 2.54. The molecule has 1 fully saturated rings. The third-order valence-corrected chi connectivity index (χ3v) is 5.21. The fourth-order valence-corrected chi connectivity index (χ4v) is 3.67. The minimum atomic E-state index is 0.503. The zero-order valence-electron chi connectivity index (χ0n) is 15.0. The van der Waals surface area contributed by atoms with E-state index in [4.69, 9.17) is 21.3 Å². The molecule has 26 heavy (non-hydrogen) atoms. The number of ether oxygens (including phenoxy) is 1. The fourth-order valence-electron chi connectivity index (χ4n) is 3.54. The number of rotatable bonds is 4. The Hall–Kier alpha value is -2.26. The maximum absolute atomic E-state index is 6.08. The first kappa shape index (κ1) is 17.2. The minimum absolute atomic E-state index is 0.503. The molecule has 3 aromatic rings. The number of nitrogens with zero attached hydrogens (tertiary/aromatic N) is 2. The molecule has 0 aliphatic carbocycles. The van der Waals surface area contributed by atoms with E-state index in [1.54, 1.807) is 0 Å². The molecule has 0 spiro atoms. The van der Waals surface area contributed by atoms with Crippen molar-refractivity contribution >= 4 is 28.3 Å². The van der Waals surface area contributed by atoms with Gasteiger partial charge in [-0.3, -0.25) is 0 Å². The van der Waals surface area contributed by atoms with Crippen LogP contribution in [0.1, 0.15) is 25.3 Å². The Kier molecular flexibility index (Phi) is 4.98. The van der Waals surface area contributed by atoms with E-state index in [9.17, 15) is 0 Å². The number of anilines is 1. The number of hydrogen-bond donors (Lipinski definition) is 0. The van der Waals surface area contributed by atoms with Crippen LogP contribution < -0.4 is 9.64 Å². The first-order chi connectivity index (χ1) is 12.7. The molecule has 0 radical (unpaired) electrons. The Morgan fingerprint density at radius 2 is 1.96 bits per heavy atom. The van der Waals surface area contributed by atoms with Gasteiger partial charge in [0.05, 0.1) is 0 Å². The molecule has 4 heteroatoms. The van der Waals surface area contributed by atoms with E-state index in [0.29, 0.717) is 6.61 Å². The predicted molar refractivity (Wildman–Crippen MR) is 108 cm³/mol. The van der Waals surface area contributed by atoms with Gasteiger partial charge in [0.2, 0.25) is 0 Å². The van der Waals surface area contributed by atoms with E-state index >= 15 is 0 Å². The molecule has 0 N–H and O–H groups in total. The molecule has 0 bridgehead atoms. The normalized spacial score (nSPS) is 17.5. The van der Waals surface area contributed by atoms with Crippen molar-refractivity contribution in [3.8, 4) is 5.75 Å². The van der Waals surface area contributed by atoms with E-state index in [1.165, 1.54) is 12.8 Å². The largest absolute Gasteiger partial charge is 0.487 e. The van der Waals surface area contributed by atoms with E-state index < -0.39 is 0 Å². The molecule has 0 amide bonds. The predicted octanol–water partition coefficient (Wildman–Crippen LogP) is 5.70. The van der Waals surface area contributed by atoms with Gasteiger partial charge in [-0.2, -0.15) is 0 Å². The number of pyridine rings is 1. The van der Waals surface area contributed by atoms with Crippen LogP contribution in [0.25, 0.3) is 10.9 Å². The Bertz CT molecular complexity index is 894. The number of para-hydroxylation sites is 1. The number of piperidine rings is 1. The van der Waals surface area contributed by atoms with Crippen LogP contribution in [0.2, 0.25) is 5.02 Å². The monoisotopic (exact) mass is 366 g/mol. The van der Waals surface area contributed by atoms with Crippen LogP contribution in [0.15, 0.2) is 54.6 Å². The summed E-state index contributed by atoms with van der Waals surface area (Å²) in [5, 5.41) is 1.84. The van der Waals surface area contributed by atoms with Crippen LogP contribution in [0, 0.1) is 5.92 Å². The van der Waals surface area contributed by atoms with Gasteiger partial charge in [-0.15, -0.1) is 0 Å². The van der Waals surface area contributed by atoms with E-state index in [0.717, 1.165) is 52.1 Å². The van der Waals surface area contributed by atoms with Crippen LogP contribution in [0.3, 0.4) is 0 Å². The van der Waals surface area contributed by atoms with Gasteiger partial charge in [0.15, 0.2) is 0 Å². The van der Waals surface area contributed by atoms with Crippen molar-refractivity contribution < 1.29 is 4.74 Å². The quantitative estimate of drug-likeness (QED) is 0.591. The molecule has 134 valence electrons. The highest BCUT2D eigenvalue weighted by Crippen LogP contribution is 2.29. The zero-order chi connectivity index (χ0) is 17.9. The maximum atomic E-state index is 6.08. The molecular formula is C22H23ClN2O. The Balaban J connectivity index is 1.59. The van der Waals surface area contributed by atoms with Gasteiger partial charge in [-0.1, -0.05) is 42.8 Å². The van der Waals surface area contributed by atoms with Crippen molar-refractivity contribution in [2.45, 2.75) is 26.4 Å². The van der Waals surface area contributed by atoms with Crippen molar-refractivity contribution in [3.63, 3.8) is 0 Å². The third-order valence-electron chi connectivity index (χ3n) is 4.96. The molecule has 1 atom stereocenters. The van der Waals surface area contributed by atoms with Crippen LogP contribution in [0.5, 0.6) is 5.75 Å². The lowest BCUT2D eigenvalue weighted by Crippen LogP contribution is -2.34. The van der Waals surface area contributed by atoms with Crippen molar-refractivity contribution in [2.24, 2.45) is 5.92 Å². The second kappa shape index (κ2) is 7.55. The Morgan fingerprint density at radius 3 is 2.77 bits per heavy atom. The molecular weight excluding hydrogens is 344 g/mol. The number of fused-ring (bicyclic) bond motifs is 1. The first-order valence-electron chi connectivity index (χ1n) is 9.21. The SMILES string of the molecule is CC1CCCN(c2ccc3cccc(OCc4ccc(Cl)cc4)c3n2)C1. The summed E-state index contributed by atoms with van der Waals surface area (Å²) in [7, 11) is 0. The number of hydrogen-bond acceptors (Lipinski definition) is 3. The van der Waals surface area contributed by atoms with E-state index in [1.807, 2.05) is 36.4 Å².